The van der Waals surface area contributed by atoms with E-state index in [1.807, 2.05) is 33.7 Å². The summed E-state index contributed by atoms with van der Waals surface area (Å²) in [7, 11) is 1.59. The molecule has 3 aromatic rings. The van der Waals surface area contributed by atoms with E-state index in [-0.39, 0.29) is 23.6 Å². The number of ether oxygens (including phenoxy) is 1. The summed E-state index contributed by atoms with van der Waals surface area (Å²) < 4.78 is 7.05. The molecule has 0 spiro atoms. The van der Waals surface area contributed by atoms with Crippen molar-refractivity contribution in [1.29, 1.82) is 0 Å². The summed E-state index contributed by atoms with van der Waals surface area (Å²) in [5.41, 5.74) is 1.74. The molecular weight excluding hydrogens is 408 g/mol. The lowest BCUT2D eigenvalue weighted by atomic mass is 9.94. The smallest absolute Gasteiger partial charge is 0.326 e. The average molecular weight is 437 g/mol. The highest BCUT2D eigenvalue weighted by Gasteiger charge is 2.32. The van der Waals surface area contributed by atoms with Crippen LogP contribution >= 0.6 is 0 Å². The predicted octanol–water partition coefficient (Wildman–Crippen LogP) is 2.21. The quantitative estimate of drug-likeness (QED) is 0.674. The molecule has 2 saturated heterocycles. The van der Waals surface area contributed by atoms with Gasteiger partial charge in [-0.15, -0.1) is 0 Å². The van der Waals surface area contributed by atoms with Crippen LogP contribution in [0.5, 0.6) is 5.88 Å². The van der Waals surface area contributed by atoms with E-state index < -0.39 is 0 Å². The Hall–Kier alpha value is -3.36. The molecule has 1 amide bonds. The summed E-state index contributed by atoms with van der Waals surface area (Å²) in [6, 6.07) is 9.63. The van der Waals surface area contributed by atoms with Gasteiger partial charge in [0.2, 0.25) is 17.7 Å². The summed E-state index contributed by atoms with van der Waals surface area (Å²) in [4.78, 5) is 41.4. The summed E-state index contributed by atoms with van der Waals surface area (Å²) >= 11 is 0. The summed E-state index contributed by atoms with van der Waals surface area (Å²) in [5.74, 6) is 1.47. The van der Waals surface area contributed by atoms with Crippen molar-refractivity contribution in [3.63, 3.8) is 0 Å². The molecule has 32 heavy (non-hydrogen) atoms. The summed E-state index contributed by atoms with van der Waals surface area (Å²) in [5, 5.41) is 0. The van der Waals surface area contributed by atoms with Crippen LogP contribution in [0.1, 0.15) is 31.7 Å². The zero-order chi connectivity index (χ0) is 22.1. The number of para-hydroxylation sites is 2. The zero-order valence-electron chi connectivity index (χ0n) is 18.2. The van der Waals surface area contributed by atoms with Crippen molar-refractivity contribution in [3.05, 3.63) is 47.0 Å². The van der Waals surface area contributed by atoms with Crippen molar-refractivity contribution in [2.45, 2.75) is 31.7 Å². The number of carbonyl (C=O) groups is 1. The Morgan fingerprint density at radius 3 is 2.56 bits per heavy atom. The number of hydrogen-bond acceptors (Lipinski definition) is 6. The van der Waals surface area contributed by atoms with Gasteiger partial charge in [-0.2, -0.15) is 4.98 Å². The third-order valence-electron chi connectivity index (χ3n) is 6.72. The number of nitrogens with one attached hydrogen (secondary N) is 1. The molecule has 9 nitrogen and oxygen atoms in total. The Morgan fingerprint density at radius 2 is 1.81 bits per heavy atom. The van der Waals surface area contributed by atoms with E-state index in [4.69, 9.17) is 4.74 Å². The van der Waals surface area contributed by atoms with Gasteiger partial charge in [0.1, 0.15) is 0 Å². The monoisotopic (exact) mass is 436 g/mol. The molecule has 1 aromatic carbocycles. The molecule has 2 aliphatic heterocycles. The van der Waals surface area contributed by atoms with E-state index in [9.17, 15) is 9.59 Å². The predicted molar refractivity (Wildman–Crippen MR) is 121 cm³/mol. The van der Waals surface area contributed by atoms with Gasteiger partial charge >= 0.3 is 5.69 Å². The van der Waals surface area contributed by atoms with Gasteiger partial charge in [0.25, 0.3) is 0 Å². The Balaban J connectivity index is 1.18. The van der Waals surface area contributed by atoms with Gasteiger partial charge in [0, 0.05) is 50.4 Å². The SMILES string of the molecule is COc1ccnc(N2CCC(C(=O)N3CCC(n4c(=O)[nH]c5ccccc54)CC3)CC2)n1. The largest absolute Gasteiger partial charge is 0.481 e. The number of methoxy groups -OCH3 is 1. The molecule has 2 aromatic heterocycles. The van der Waals surface area contributed by atoms with Crippen molar-refractivity contribution in [3.8, 4) is 5.88 Å². The van der Waals surface area contributed by atoms with Crippen LogP contribution in [0.4, 0.5) is 5.95 Å². The summed E-state index contributed by atoms with van der Waals surface area (Å²) in [6.07, 6.45) is 4.87. The molecule has 0 aliphatic carbocycles. The number of H-pyrrole nitrogens is 1. The number of anilines is 1. The lowest BCUT2D eigenvalue weighted by Crippen LogP contribution is -2.46. The van der Waals surface area contributed by atoms with E-state index in [1.54, 1.807) is 19.4 Å². The Labute approximate surface area is 186 Å². The molecule has 5 rings (SSSR count). The van der Waals surface area contributed by atoms with Crippen molar-refractivity contribution < 1.29 is 9.53 Å². The fraction of sp³-hybridized carbons (Fsp3) is 0.478. The molecule has 0 unspecified atom stereocenters. The Kier molecular flexibility index (Phi) is 5.55. The van der Waals surface area contributed by atoms with Crippen LogP contribution in [-0.2, 0) is 4.79 Å². The van der Waals surface area contributed by atoms with Gasteiger partial charge in [-0.1, -0.05) is 12.1 Å². The van der Waals surface area contributed by atoms with E-state index in [0.717, 1.165) is 49.8 Å². The zero-order valence-corrected chi connectivity index (χ0v) is 18.2. The first-order valence-electron chi connectivity index (χ1n) is 11.2. The van der Waals surface area contributed by atoms with Crippen molar-refractivity contribution >= 4 is 22.9 Å². The summed E-state index contributed by atoms with van der Waals surface area (Å²) in [6.45, 7) is 2.89. The fourth-order valence-corrected chi connectivity index (χ4v) is 4.96. The number of fused-ring (bicyclic) bond motifs is 1. The van der Waals surface area contributed by atoms with Crippen LogP contribution in [0.2, 0.25) is 0 Å². The topological polar surface area (TPSA) is 96.4 Å². The van der Waals surface area contributed by atoms with Crippen LogP contribution in [0, 0.1) is 5.92 Å². The number of carbonyl (C=O) groups excluding carboxylic acids is 1. The van der Waals surface area contributed by atoms with Gasteiger partial charge < -0.3 is 19.5 Å². The number of amides is 1. The molecule has 168 valence electrons. The van der Waals surface area contributed by atoms with Gasteiger partial charge in [0.15, 0.2) is 0 Å². The first-order chi connectivity index (χ1) is 15.6. The number of likely N-dealkylation sites (tertiary alicyclic amines) is 1. The Morgan fingerprint density at radius 1 is 1.06 bits per heavy atom. The normalized spacial score (nSPS) is 18.3. The highest BCUT2D eigenvalue weighted by Crippen LogP contribution is 2.28. The van der Waals surface area contributed by atoms with Crippen LogP contribution in [-0.4, -0.2) is 63.6 Å². The lowest BCUT2D eigenvalue weighted by molar-refractivity contribution is -0.137. The van der Waals surface area contributed by atoms with Gasteiger partial charge in [0.05, 0.1) is 18.1 Å². The number of hydrogen-bond donors (Lipinski definition) is 1. The van der Waals surface area contributed by atoms with Gasteiger partial charge in [-0.3, -0.25) is 9.36 Å². The third kappa shape index (κ3) is 3.83. The molecule has 4 heterocycles. The molecule has 1 N–H and O–H groups in total. The minimum absolute atomic E-state index is 0.0317. The molecule has 0 bridgehead atoms. The number of aromatic amines is 1. The highest BCUT2D eigenvalue weighted by atomic mass is 16.5. The maximum atomic E-state index is 13.2. The average Bonchev–Trinajstić information content (AvgIpc) is 3.19. The lowest BCUT2D eigenvalue weighted by Gasteiger charge is -2.37. The van der Waals surface area contributed by atoms with Crippen LogP contribution < -0.4 is 15.3 Å². The van der Waals surface area contributed by atoms with E-state index in [1.165, 1.54) is 0 Å². The molecule has 9 heteroatoms. The Bertz CT molecular complexity index is 1160. The van der Waals surface area contributed by atoms with Crippen LogP contribution in [0.25, 0.3) is 11.0 Å². The van der Waals surface area contributed by atoms with Crippen molar-refractivity contribution in [2.75, 3.05) is 38.2 Å². The van der Waals surface area contributed by atoms with Crippen LogP contribution in [0.15, 0.2) is 41.3 Å². The van der Waals surface area contributed by atoms with Crippen molar-refractivity contribution in [1.82, 2.24) is 24.4 Å². The highest BCUT2D eigenvalue weighted by molar-refractivity contribution is 5.79. The third-order valence-corrected chi connectivity index (χ3v) is 6.72. The molecule has 2 aliphatic rings. The standard InChI is InChI=1S/C23H28N6O3/c1-32-20-6-11-24-22(26-20)28-12-7-16(8-13-28)21(30)27-14-9-17(10-15-27)29-19-5-3-2-4-18(19)25-23(29)31/h2-6,11,16-17H,7-10,12-15H2,1H3,(H,25,31). The van der Waals surface area contributed by atoms with Crippen LogP contribution in [0.3, 0.4) is 0 Å². The van der Waals surface area contributed by atoms with E-state index >= 15 is 0 Å². The van der Waals surface area contributed by atoms with E-state index in [0.29, 0.717) is 24.9 Å². The first-order valence-corrected chi connectivity index (χ1v) is 11.2. The first kappa shape index (κ1) is 20.5. The number of benzene rings is 1. The maximum Gasteiger partial charge on any atom is 0.326 e. The van der Waals surface area contributed by atoms with E-state index in [2.05, 4.69) is 19.9 Å². The second-order valence-corrected chi connectivity index (χ2v) is 8.53. The number of rotatable bonds is 4. The second kappa shape index (κ2) is 8.64. The van der Waals surface area contributed by atoms with Crippen molar-refractivity contribution in [2.24, 2.45) is 5.92 Å². The molecular formula is C23H28N6O3. The molecule has 0 atom stereocenters. The molecule has 2 fully saturated rings. The molecule has 0 radical (unpaired) electrons. The maximum absolute atomic E-state index is 13.2. The van der Waals surface area contributed by atoms with Gasteiger partial charge in [-0.25, -0.2) is 9.78 Å². The number of nitrogens with zero attached hydrogens (tertiary/aromatic N) is 5. The fourth-order valence-electron chi connectivity index (χ4n) is 4.96. The minimum atomic E-state index is -0.0666. The molecule has 0 saturated carbocycles. The second-order valence-electron chi connectivity index (χ2n) is 8.53. The van der Waals surface area contributed by atoms with Gasteiger partial charge in [-0.05, 0) is 37.8 Å². The minimum Gasteiger partial charge on any atom is -0.481 e. The number of aromatic nitrogens is 4. The number of piperidine rings is 2. The number of imidazole rings is 1.